The van der Waals surface area contributed by atoms with E-state index in [1.165, 1.54) is 21.9 Å². The van der Waals surface area contributed by atoms with E-state index in [1.54, 1.807) is 0 Å². The van der Waals surface area contributed by atoms with Gasteiger partial charge in [0.25, 0.3) is 0 Å². The van der Waals surface area contributed by atoms with Crippen LogP contribution in [0.2, 0.25) is 0 Å². The molecular weight excluding hydrogens is 288 g/mol. The first kappa shape index (κ1) is 16.0. The number of nitrogens with zero attached hydrogens (tertiary/aromatic N) is 1. The summed E-state index contributed by atoms with van der Waals surface area (Å²) >= 11 is 0. The second-order valence-corrected chi connectivity index (χ2v) is 6.44. The molecule has 3 rings (SSSR count). The third kappa shape index (κ3) is 3.71. The number of likely N-dealkylation sites (tertiary alicyclic amines) is 1. The Balaban J connectivity index is 1.65. The van der Waals surface area contributed by atoms with Gasteiger partial charge in [-0.25, -0.2) is 0 Å². The molecule has 122 valence electrons. The Bertz CT molecular complexity index is 699. The normalized spacial score (nSPS) is 18.4. The first-order valence-corrected chi connectivity index (χ1v) is 8.24. The van der Waals surface area contributed by atoms with E-state index in [1.807, 2.05) is 0 Å². The van der Waals surface area contributed by atoms with Crippen LogP contribution in [-0.2, 0) is 11.3 Å². The number of hydrogen-bond donors (Lipinski definition) is 2. The van der Waals surface area contributed by atoms with Crippen molar-refractivity contribution < 1.29 is 9.90 Å². The van der Waals surface area contributed by atoms with Gasteiger partial charge in [0.05, 0.1) is 0 Å². The molecule has 0 saturated carbocycles. The van der Waals surface area contributed by atoms with Gasteiger partial charge in [0.1, 0.15) is 6.61 Å². The number of carbonyl (C=O) groups is 1. The quantitative estimate of drug-likeness (QED) is 0.889. The van der Waals surface area contributed by atoms with Crippen LogP contribution in [0.1, 0.15) is 17.5 Å². The van der Waals surface area contributed by atoms with Gasteiger partial charge in [0.15, 0.2) is 0 Å². The zero-order valence-electron chi connectivity index (χ0n) is 13.6. The second kappa shape index (κ2) is 7.11. The minimum Gasteiger partial charge on any atom is -0.387 e. The lowest BCUT2D eigenvalue weighted by molar-refractivity contribution is -0.123. The number of fused-ring (bicyclic) bond motifs is 1. The molecule has 2 aromatic carbocycles. The smallest absolute Gasteiger partial charge is 0.245 e. The summed E-state index contributed by atoms with van der Waals surface area (Å²) in [6.07, 6.45) is 1.09. The largest absolute Gasteiger partial charge is 0.387 e. The number of rotatable bonds is 5. The topological polar surface area (TPSA) is 52.6 Å². The van der Waals surface area contributed by atoms with Gasteiger partial charge in [-0.3, -0.25) is 9.69 Å². The van der Waals surface area contributed by atoms with Crippen molar-refractivity contribution in [1.82, 2.24) is 10.2 Å². The Morgan fingerprint density at radius 2 is 2.04 bits per heavy atom. The molecule has 0 aliphatic carbocycles. The van der Waals surface area contributed by atoms with Crippen molar-refractivity contribution in [2.75, 3.05) is 26.2 Å². The highest BCUT2D eigenvalue weighted by atomic mass is 16.3. The van der Waals surface area contributed by atoms with Gasteiger partial charge in [0.2, 0.25) is 5.91 Å². The van der Waals surface area contributed by atoms with Gasteiger partial charge in [0, 0.05) is 19.6 Å². The molecule has 0 unspecified atom stereocenters. The average molecular weight is 312 g/mol. The lowest BCUT2D eigenvalue weighted by atomic mass is 10.0. The van der Waals surface area contributed by atoms with E-state index in [0.717, 1.165) is 26.1 Å². The Morgan fingerprint density at radius 3 is 2.87 bits per heavy atom. The van der Waals surface area contributed by atoms with E-state index in [4.69, 9.17) is 5.11 Å². The van der Waals surface area contributed by atoms with Gasteiger partial charge < -0.3 is 10.4 Å². The van der Waals surface area contributed by atoms with Crippen molar-refractivity contribution in [2.24, 2.45) is 5.92 Å². The summed E-state index contributed by atoms with van der Waals surface area (Å²) in [6, 6.07) is 13.0. The number of nitrogens with one attached hydrogen (secondary N) is 1. The van der Waals surface area contributed by atoms with Gasteiger partial charge in [-0.15, -0.1) is 0 Å². The predicted octanol–water partition coefficient (Wildman–Crippen LogP) is 2.08. The summed E-state index contributed by atoms with van der Waals surface area (Å²) in [6.45, 7) is 5.39. The molecule has 0 bridgehead atoms. The van der Waals surface area contributed by atoms with E-state index in [9.17, 15) is 4.79 Å². The molecule has 0 radical (unpaired) electrons. The maximum atomic E-state index is 11.1. The minimum atomic E-state index is -0.425. The molecule has 4 heteroatoms. The van der Waals surface area contributed by atoms with Crippen LogP contribution < -0.4 is 5.32 Å². The van der Waals surface area contributed by atoms with Crippen molar-refractivity contribution >= 4 is 16.7 Å². The van der Waals surface area contributed by atoms with Crippen molar-refractivity contribution in [3.8, 4) is 0 Å². The summed E-state index contributed by atoms with van der Waals surface area (Å²) in [5, 5.41) is 14.2. The highest BCUT2D eigenvalue weighted by Crippen LogP contribution is 2.25. The minimum absolute atomic E-state index is 0.284. The maximum Gasteiger partial charge on any atom is 0.245 e. The molecule has 2 aromatic rings. The van der Waals surface area contributed by atoms with E-state index in [-0.39, 0.29) is 5.91 Å². The molecular formula is C19H24N2O2. The maximum absolute atomic E-state index is 11.1. The number of aliphatic hydroxyl groups is 1. The van der Waals surface area contributed by atoms with Crippen LogP contribution in [-0.4, -0.2) is 42.2 Å². The molecule has 0 aromatic heterocycles. The fourth-order valence-electron chi connectivity index (χ4n) is 3.45. The number of hydrogen-bond acceptors (Lipinski definition) is 3. The van der Waals surface area contributed by atoms with Crippen LogP contribution >= 0.6 is 0 Å². The first-order chi connectivity index (χ1) is 11.2. The summed E-state index contributed by atoms with van der Waals surface area (Å²) in [7, 11) is 0. The van der Waals surface area contributed by atoms with Gasteiger partial charge >= 0.3 is 0 Å². The second-order valence-electron chi connectivity index (χ2n) is 6.44. The number of amides is 1. The molecule has 1 saturated heterocycles. The number of aliphatic hydroxyl groups excluding tert-OH is 1. The van der Waals surface area contributed by atoms with Gasteiger partial charge in [-0.1, -0.05) is 36.4 Å². The van der Waals surface area contributed by atoms with Crippen LogP contribution in [0.3, 0.4) is 0 Å². The molecule has 1 aliphatic rings. The average Bonchev–Trinajstić information content (AvgIpc) is 3.01. The Hall–Kier alpha value is -1.91. The molecule has 1 heterocycles. The van der Waals surface area contributed by atoms with Gasteiger partial charge in [-0.2, -0.15) is 0 Å². The summed E-state index contributed by atoms with van der Waals surface area (Å²) in [4.78, 5) is 13.6. The van der Waals surface area contributed by atoms with E-state index in [0.29, 0.717) is 12.5 Å². The molecule has 1 fully saturated rings. The zero-order valence-corrected chi connectivity index (χ0v) is 13.6. The Morgan fingerprint density at radius 1 is 1.26 bits per heavy atom. The Labute approximate surface area is 137 Å². The molecule has 23 heavy (non-hydrogen) atoms. The van der Waals surface area contributed by atoms with E-state index < -0.39 is 6.61 Å². The van der Waals surface area contributed by atoms with Crippen molar-refractivity contribution in [3.63, 3.8) is 0 Å². The summed E-state index contributed by atoms with van der Waals surface area (Å²) in [5.41, 5.74) is 2.68. The fourth-order valence-corrected chi connectivity index (χ4v) is 3.45. The van der Waals surface area contributed by atoms with E-state index in [2.05, 4.69) is 53.5 Å². The lowest BCUT2D eigenvalue weighted by Crippen LogP contribution is -2.32. The molecule has 1 aliphatic heterocycles. The lowest BCUT2D eigenvalue weighted by Gasteiger charge is -2.18. The number of benzene rings is 2. The van der Waals surface area contributed by atoms with Crippen molar-refractivity contribution in [1.29, 1.82) is 0 Å². The van der Waals surface area contributed by atoms with Gasteiger partial charge in [-0.05, 0) is 47.7 Å². The zero-order chi connectivity index (χ0) is 16.2. The first-order valence-electron chi connectivity index (χ1n) is 8.24. The van der Waals surface area contributed by atoms with Crippen LogP contribution in [0.5, 0.6) is 0 Å². The third-order valence-corrected chi connectivity index (χ3v) is 4.73. The van der Waals surface area contributed by atoms with E-state index >= 15 is 0 Å². The highest BCUT2D eigenvalue weighted by Gasteiger charge is 2.23. The summed E-state index contributed by atoms with van der Waals surface area (Å²) in [5.74, 6) is 0.190. The van der Waals surface area contributed by atoms with Crippen LogP contribution in [0.4, 0.5) is 0 Å². The molecule has 0 spiro atoms. The highest BCUT2D eigenvalue weighted by molar-refractivity contribution is 5.88. The monoisotopic (exact) mass is 312 g/mol. The summed E-state index contributed by atoms with van der Waals surface area (Å²) < 4.78 is 0. The molecule has 1 atom stereocenters. The third-order valence-electron chi connectivity index (χ3n) is 4.73. The molecule has 1 amide bonds. The van der Waals surface area contributed by atoms with Crippen LogP contribution in [0.25, 0.3) is 10.8 Å². The SMILES string of the molecule is Cc1cccc2c(CN3CC[C@@H](CNC(=O)CO)C3)cccc12. The Kier molecular flexibility index (Phi) is 4.94. The fraction of sp³-hybridized carbons (Fsp3) is 0.421. The van der Waals surface area contributed by atoms with Crippen molar-refractivity contribution in [2.45, 2.75) is 19.9 Å². The molecule has 2 N–H and O–H groups in total. The number of aryl methyl sites for hydroxylation is 1. The van der Waals surface area contributed by atoms with Crippen LogP contribution in [0.15, 0.2) is 36.4 Å². The number of carbonyl (C=O) groups excluding carboxylic acids is 1. The molecule has 4 nitrogen and oxygen atoms in total. The standard InChI is InChI=1S/C19H24N2O2/c1-14-4-2-7-18-16(5-3-6-17(14)18)12-21-9-8-15(11-21)10-20-19(23)13-22/h2-7,15,22H,8-13H2,1H3,(H,20,23)/t15-/m0/s1. The van der Waals surface area contributed by atoms with Crippen LogP contribution in [0, 0.1) is 12.8 Å². The predicted molar refractivity (Wildman–Crippen MR) is 92.2 cm³/mol. The van der Waals surface area contributed by atoms with Crippen molar-refractivity contribution in [3.05, 3.63) is 47.5 Å².